The summed E-state index contributed by atoms with van der Waals surface area (Å²) in [5, 5.41) is 19.6. The minimum atomic E-state index is -0.414. The summed E-state index contributed by atoms with van der Waals surface area (Å²) < 4.78 is 0. The van der Waals surface area contributed by atoms with Gasteiger partial charge in [0.1, 0.15) is 0 Å². The predicted molar refractivity (Wildman–Crippen MR) is 29.6 cm³/mol. The van der Waals surface area contributed by atoms with Gasteiger partial charge in [0.25, 0.3) is 0 Å². The van der Waals surface area contributed by atoms with Crippen molar-refractivity contribution < 1.29 is 10.2 Å². The molecule has 9 heavy (non-hydrogen) atoms. The van der Waals surface area contributed by atoms with E-state index in [1.807, 2.05) is 0 Å². The summed E-state index contributed by atoms with van der Waals surface area (Å²) in [7, 11) is 0. The molecule has 0 spiro atoms. The number of nitrogens with zero attached hydrogens (tertiary/aromatic N) is 1. The molecule has 0 bridgehead atoms. The van der Waals surface area contributed by atoms with Gasteiger partial charge in [0.15, 0.2) is 11.6 Å². The summed E-state index contributed by atoms with van der Waals surface area (Å²) in [6, 6.07) is 1.03. The quantitative estimate of drug-likeness (QED) is 0.489. The average Bonchev–Trinajstić information content (AvgIpc) is 2.10. The molecule has 3 N–H and O–H groups in total. The van der Waals surface area contributed by atoms with Crippen molar-refractivity contribution in [2.24, 2.45) is 5.18 Å². The molecule has 0 aromatic carbocycles. The van der Waals surface area contributed by atoms with Crippen LogP contribution in [0.1, 0.15) is 0 Å². The fraction of sp³-hybridized carbons (Fsp3) is 0. The third kappa shape index (κ3) is 0.835. The fourth-order valence-corrected chi connectivity index (χ4v) is 0.489. The number of hydrogen-bond donors (Lipinski definition) is 3. The van der Waals surface area contributed by atoms with Gasteiger partial charge in [-0.15, -0.1) is 4.91 Å². The van der Waals surface area contributed by atoms with Crippen molar-refractivity contribution in [1.82, 2.24) is 4.98 Å². The SMILES string of the molecule is O=Nc1cc(O)[nH]c1O. The number of rotatable bonds is 1. The maximum atomic E-state index is 9.70. The summed E-state index contributed by atoms with van der Waals surface area (Å²) in [4.78, 5) is 11.8. The van der Waals surface area contributed by atoms with Crippen LogP contribution in [0.5, 0.6) is 11.8 Å². The zero-order valence-corrected chi connectivity index (χ0v) is 4.33. The number of H-pyrrole nitrogens is 1. The molecule has 0 aliphatic carbocycles. The van der Waals surface area contributed by atoms with E-state index in [1.54, 1.807) is 0 Å². The smallest absolute Gasteiger partial charge is 0.221 e. The third-order valence-electron chi connectivity index (χ3n) is 0.861. The van der Waals surface area contributed by atoms with E-state index >= 15 is 0 Å². The molecule has 0 unspecified atom stereocenters. The van der Waals surface area contributed by atoms with Crippen LogP contribution >= 0.6 is 0 Å². The first-order valence-corrected chi connectivity index (χ1v) is 2.18. The second-order valence-corrected chi connectivity index (χ2v) is 1.48. The van der Waals surface area contributed by atoms with Gasteiger partial charge in [0.2, 0.25) is 5.88 Å². The number of hydrogen-bond acceptors (Lipinski definition) is 4. The van der Waals surface area contributed by atoms with Crippen LogP contribution in [0.2, 0.25) is 0 Å². The van der Waals surface area contributed by atoms with Gasteiger partial charge in [-0.1, -0.05) is 0 Å². The molecule has 1 aromatic rings. The zero-order chi connectivity index (χ0) is 6.85. The van der Waals surface area contributed by atoms with E-state index in [9.17, 15) is 4.91 Å². The monoisotopic (exact) mass is 128 g/mol. The van der Waals surface area contributed by atoms with Crippen LogP contribution in [0.4, 0.5) is 5.69 Å². The molecule has 0 fully saturated rings. The maximum absolute atomic E-state index is 9.70. The van der Waals surface area contributed by atoms with Gasteiger partial charge < -0.3 is 10.2 Å². The van der Waals surface area contributed by atoms with Crippen molar-refractivity contribution in [3.8, 4) is 11.8 Å². The van der Waals surface area contributed by atoms with Crippen molar-refractivity contribution in [2.45, 2.75) is 0 Å². The zero-order valence-electron chi connectivity index (χ0n) is 4.33. The lowest BCUT2D eigenvalue weighted by molar-refractivity contribution is 0.426. The van der Waals surface area contributed by atoms with Gasteiger partial charge in [-0.05, 0) is 5.18 Å². The predicted octanol–water partition coefficient (Wildman–Crippen LogP) is 0.824. The standard InChI is InChI=1S/C4H4N2O3/c7-3-1-2(6-9)4(8)5-3/h1,5,7-8H. The molecule has 5 nitrogen and oxygen atoms in total. The van der Waals surface area contributed by atoms with E-state index in [2.05, 4.69) is 10.2 Å². The van der Waals surface area contributed by atoms with Crippen LogP contribution in [0, 0.1) is 4.91 Å². The summed E-state index contributed by atoms with van der Waals surface area (Å²) >= 11 is 0. The van der Waals surface area contributed by atoms with E-state index < -0.39 is 5.88 Å². The van der Waals surface area contributed by atoms with Gasteiger partial charge >= 0.3 is 0 Å². The van der Waals surface area contributed by atoms with E-state index in [0.717, 1.165) is 6.07 Å². The minimum absolute atomic E-state index is 0.187. The van der Waals surface area contributed by atoms with Crippen LogP contribution in [0.15, 0.2) is 11.2 Å². The lowest BCUT2D eigenvalue weighted by Gasteiger charge is -1.79. The molecule has 48 valence electrons. The van der Waals surface area contributed by atoms with Crippen molar-refractivity contribution in [3.05, 3.63) is 11.0 Å². The first-order chi connectivity index (χ1) is 4.24. The largest absolute Gasteiger partial charge is 0.494 e. The van der Waals surface area contributed by atoms with Crippen molar-refractivity contribution >= 4 is 5.69 Å². The molecule has 0 atom stereocenters. The molecule has 0 saturated heterocycles. The van der Waals surface area contributed by atoms with Crippen molar-refractivity contribution in [3.63, 3.8) is 0 Å². The molecule has 0 amide bonds. The van der Waals surface area contributed by atoms with Crippen LogP contribution in [0.25, 0.3) is 0 Å². The Kier molecular flexibility index (Phi) is 1.11. The molecule has 0 aliphatic heterocycles. The highest BCUT2D eigenvalue weighted by Crippen LogP contribution is 2.28. The van der Waals surface area contributed by atoms with Gasteiger partial charge in [-0.2, -0.15) is 0 Å². The second kappa shape index (κ2) is 1.77. The van der Waals surface area contributed by atoms with Crippen molar-refractivity contribution in [2.75, 3.05) is 0 Å². The highest BCUT2D eigenvalue weighted by atomic mass is 16.3. The molecule has 0 radical (unpaired) electrons. The first-order valence-electron chi connectivity index (χ1n) is 2.18. The Bertz CT molecular complexity index is 230. The van der Waals surface area contributed by atoms with Gasteiger partial charge in [0.05, 0.1) is 0 Å². The molecule has 0 aliphatic rings. The molecular formula is C4H4N2O3. The maximum Gasteiger partial charge on any atom is 0.221 e. The van der Waals surface area contributed by atoms with E-state index in [0.29, 0.717) is 0 Å². The number of aromatic hydroxyl groups is 2. The highest BCUT2D eigenvalue weighted by Gasteiger charge is 2.04. The Morgan fingerprint density at radius 2 is 2.22 bits per heavy atom. The summed E-state index contributed by atoms with van der Waals surface area (Å²) in [5.74, 6) is -0.690. The van der Waals surface area contributed by atoms with Crippen LogP contribution < -0.4 is 0 Å². The Morgan fingerprint density at radius 1 is 1.56 bits per heavy atom. The van der Waals surface area contributed by atoms with E-state index in [1.165, 1.54) is 0 Å². The molecule has 1 heterocycles. The Balaban J connectivity index is 3.15. The summed E-state index contributed by atoms with van der Waals surface area (Å²) in [6.07, 6.45) is 0. The van der Waals surface area contributed by atoms with Gasteiger partial charge in [-0.3, -0.25) is 4.98 Å². The third-order valence-corrected chi connectivity index (χ3v) is 0.861. The van der Waals surface area contributed by atoms with E-state index in [-0.39, 0.29) is 11.6 Å². The number of aromatic nitrogens is 1. The Hall–Kier alpha value is -1.52. The lowest BCUT2D eigenvalue weighted by Crippen LogP contribution is -1.58. The lowest BCUT2D eigenvalue weighted by atomic mass is 10.5. The van der Waals surface area contributed by atoms with Crippen molar-refractivity contribution in [1.29, 1.82) is 0 Å². The molecule has 0 saturated carbocycles. The van der Waals surface area contributed by atoms with Gasteiger partial charge in [0, 0.05) is 6.07 Å². The van der Waals surface area contributed by atoms with Crippen LogP contribution in [-0.2, 0) is 0 Å². The van der Waals surface area contributed by atoms with Crippen LogP contribution in [-0.4, -0.2) is 15.2 Å². The first kappa shape index (κ1) is 5.61. The average molecular weight is 128 g/mol. The molecular weight excluding hydrogens is 124 g/mol. The van der Waals surface area contributed by atoms with E-state index in [4.69, 9.17) is 10.2 Å². The minimum Gasteiger partial charge on any atom is -0.494 e. The topological polar surface area (TPSA) is 85.7 Å². The van der Waals surface area contributed by atoms with Crippen LogP contribution in [0.3, 0.4) is 0 Å². The molecule has 5 heteroatoms. The highest BCUT2D eigenvalue weighted by molar-refractivity contribution is 5.50. The summed E-state index contributed by atoms with van der Waals surface area (Å²) in [5.41, 5.74) is -0.187. The number of nitroso groups, excluding NO2 is 1. The Morgan fingerprint density at radius 3 is 2.44 bits per heavy atom. The molecule has 1 aromatic heterocycles. The Labute approximate surface area is 49.9 Å². The fourth-order valence-electron chi connectivity index (χ4n) is 0.489. The normalized spacial score (nSPS) is 9.33. The number of nitrogens with one attached hydrogen (secondary N) is 1. The summed E-state index contributed by atoms with van der Waals surface area (Å²) in [6.45, 7) is 0. The van der Waals surface area contributed by atoms with Gasteiger partial charge in [-0.25, -0.2) is 0 Å². The molecule has 1 rings (SSSR count). The number of aromatic amines is 1. The second-order valence-electron chi connectivity index (χ2n) is 1.48.